The van der Waals surface area contributed by atoms with Crippen molar-refractivity contribution in [2.24, 2.45) is 0 Å². The predicted molar refractivity (Wildman–Crippen MR) is 135 cm³/mol. The van der Waals surface area contributed by atoms with Crippen LogP contribution in [-0.2, 0) is 9.53 Å². The van der Waals surface area contributed by atoms with Crippen LogP contribution in [-0.4, -0.2) is 28.7 Å². The van der Waals surface area contributed by atoms with Gasteiger partial charge in [-0.25, -0.2) is 0 Å². The summed E-state index contributed by atoms with van der Waals surface area (Å²) in [4.78, 5) is 19.2. The molecule has 0 spiro atoms. The summed E-state index contributed by atoms with van der Waals surface area (Å²) < 4.78 is 49.1. The van der Waals surface area contributed by atoms with Crippen LogP contribution in [0.25, 0.3) is 33.1 Å². The molecule has 36 heavy (non-hydrogen) atoms. The van der Waals surface area contributed by atoms with Crippen LogP contribution >= 0.6 is 11.6 Å². The number of carbonyl (C=O) groups excluding carboxylic acids is 1. The van der Waals surface area contributed by atoms with E-state index in [1.54, 1.807) is 31.2 Å². The van der Waals surface area contributed by atoms with Gasteiger partial charge in [-0.05, 0) is 54.3 Å². The predicted octanol–water partition coefficient (Wildman–Crippen LogP) is 7.96. The van der Waals surface area contributed by atoms with Crippen molar-refractivity contribution >= 4 is 39.4 Å². The Bertz CT molecular complexity index is 1490. The summed E-state index contributed by atoms with van der Waals surface area (Å²) in [5.41, 5.74) is 2.61. The molecule has 0 bridgehead atoms. The summed E-state index contributed by atoms with van der Waals surface area (Å²) in [5.74, 6) is -4.75. The topological polar surface area (TPSA) is 57.9 Å². The van der Waals surface area contributed by atoms with E-state index in [0.717, 1.165) is 10.9 Å². The summed E-state index contributed by atoms with van der Waals surface area (Å²) in [7, 11) is 0. The standard InChI is InChI=1S/C28H22ClF3N2O2/c1-2-36-27(35)25(26(28(30,31)32)24-15-17-8-4-6-10-22(17)34-24)18-11-12-20(29)19(13-18)23-14-16-7-3-5-9-21(16)33-23/h3-15,25-26,33-34H,2H2,1H3/t25?,26-/m0/s1. The highest BCUT2D eigenvalue weighted by molar-refractivity contribution is 6.33. The van der Waals surface area contributed by atoms with Crippen molar-refractivity contribution < 1.29 is 22.7 Å². The van der Waals surface area contributed by atoms with Gasteiger partial charge >= 0.3 is 12.1 Å². The highest BCUT2D eigenvalue weighted by atomic mass is 35.5. The smallest absolute Gasteiger partial charge is 0.398 e. The Balaban J connectivity index is 1.67. The Morgan fingerprint density at radius 3 is 2.17 bits per heavy atom. The number of hydrogen-bond acceptors (Lipinski definition) is 2. The number of hydrogen-bond donors (Lipinski definition) is 2. The average molecular weight is 511 g/mol. The van der Waals surface area contributed by atoms with Crippen LogP contribution in [0.2, 0.25) is 5.02 Å². The molecule has 2 heterocycles. The number of aromatic amines is 2. The van der Waals surface area contributed by atoms with Crippen LogP contribution in [0.4, 0.5) is 13.2 Å². The molecule has 4 nitrogen and oxygen atoms in total. The number of halogens is 4. The Morgan fingerprint density at radius 2 is 1.56 bits per heavy atom. The minimum atomic E-state index is -4.74. The van der Waals surface area contributed by atoms with E-state index < -0.39 is 24.0 Å². The second kappa shape index (κ2) is 9.39. The Hall–Kier alpha value is -3.71. The average Bonchev–Trinajstić information content (AvgIpc) is 3.46. The van der Waals surface area contributed by atoms with Gasteiger partial charge in [0.05, 0.1) is 12.5 Å². The lowest BCUT2D eigenvalue weighted by molar-refractivity contribution is -0.171. The van der Waals surface area contributed by atoms with E-state index in [1.165, 1.54) is 24.3 Å². The van der Waals surface area contributed by atoms with E-state index >= 15 is 0 Å². The number of carbonyl (C=O) groups is 1. The molecule has 0 aliphatic carbocycles. The monoisotopic (exact) mass is 510 g/mol. The second-order valence-corrected chi connectivity index (χ2v) is 8.98. The first-order chi connectivity index (χ1) is 17.3. The van der Waals surface area contributed by atoms with Gasteiger partial charge in [0.15, 0.2) is 0 Å². The van der Waals surface area contributed by atoms with Gasteiger partial charge in [0.25, 0.3) is 0 Å². The normalized spacial score (nSPS) is 13.7. The zero-order valence-electron chi connectivity index (χ0n) is 19.2. The molecule has 2 atom stereocenters. The van der Waals surface area contributed by atoms with Gasteiger partial charge in [-0.15, -0.1) is 0 Å². The molecule has 3 aromatic carbocycles. The maximum Gasteiger partial charge on any atom is 0.398 e. The van der Waals surface area contributed by atoms with Gasteiger partial charge < -0.3 is 14.7 Å². The highest BCUT2D eigenvalue weighted by Gasteiger charge is 2.50. The maximum absolute atomic E-state index is 14.7. The minimum Gasteiger partial charge on any atom is -0.465 e. The molecule has 5 rings (SSSR count). The van der Waals surface area contributed by atoms with E-state index in [4.69, 9.17) is 16.3 Å². The summed E-state index contributed by atoms with van der Waals surface area (Å²) in [6.07, 6.45) is -4.74. The molecule has 0 saturated heterocycles. The van der Waals surface area contributed by atoms with Crippen LogP contribution < -0.4 is 0 Å². The molecule has 5 aromatic rings. The van der Waals surface area contributed by atoms with Crippen molar-refractivity contribution in [2.75, 3.05) is 6.61 Å². The number of rotatable bonds is 6. The van der Waals surface area contributed by atoms with Crippen molar-refractivity contribution in [3.63, 3.8) is 0 Å². The molecule has 0 fully saturated rings. The molecule has 2 N–H and O–H groups in total. The van der Waals surface area contributed by atoms with Crippen molar-refractivity contribution in [1.82, 2.24) is 9.97 Å². The third-order valence-electron chi connectivity index (χ3n) is 6.28. The number of ether oxygens (including phenoxy) is 1. The largest absolute Gasteiger partial charge is 0.465 e. The first-order valence-corrected chi connectivity index (χ1v) is 11.8. The number of aromatic nitrogens is 2. The zero-order chi connectivity index (χ0) is 25.4. The zero-order valence-corrected chi connectivity index (χ0v) is 20.0. The van der Waals surface area contributed by atoms with Crippen molar-refractivity contribution in [3.05, 3.63) is 95.1 Å². The summed E-state index contributed by atoms with van der Waals surface area (Å²) >= 11 is 6.48. The van der Waals surface area contributed by atoms with Crippen LogP contribution in [0.15, 0.2) is 78.9 Å². The van der Waals surface area contributed by atoms with E-state index in [0.29, 0.717) is 27.2 Å². The van der Waals surface area contributed by atoms with Gasteiger partial charge in [0.2, 0.25) is 0 Å². The minimum absolute atomic E-state index is 0.0466. The fourth-order valence-electron chi connectivity index (χ4n) is 4.67. The molecular formula is C28H22ClF3N2O2. The Labute approximate surface area is 210 Å². The molecule has 1 unspecified atom stereocenters. The number of nitrogens with one attached hydrogen (secondary N) is 2. The van der Waals surface area contributed by atoms with Gasteiger partial charge in [-0.2, -0.15) is 13.2 Å². The summed E-state index contributed by atoms with van der Waals surface area (Å²) in [6, 6.07) is 22.3. The van der Waals surface area contributed by atoms with Crippen LogP contribution in [0.5, 0.6) is 0 Å². The van der Waals surface area contributed by atoms with E-state index in [1.807, 2.05) is 30.3 Å². The lowest BCUT2D eigenvalue weighted by Gasteiger charge is -2.28. The van der Waals surface area contributed by atoms with Crippen molar-refractivity contribution in [3.8, 4) is 11.3 Å². The molecule has 0 aliphatic rings. The third kappa shape index (κ3) is 4.46. The summed E-state index contributed by atoms with van der Waals surface area (Å²) in [5, 5.41) is 1.91. The van der Waals surface area contributed by atoms with Crippen molar-refractivity contribution in [1.29, 1.82) is 0 Å². The molecule has 8 heteroatoms. The number of benzene rings is 3. The number of fused-ring (bicyclic) bond motifs is 2. The number of para-hydroxylation sites is 2. The first kappa shape index (κ1) is 24.0. The SMILES string of the molecule is CCOC(=O)C(c1ccc(Cl)c(-c2cc3ccccc3[nH]2)c1)[C@H](c1cc2ccccc2[nH]1)C(F)(F)F. The Kier molecular flexibility index (Phi) is 6.26. The number of alkyl halides is 3. The van der Waals surface area contributed by atoms with Crippen LogP contribution in [0, 0.1) is 0 Å². The molecular weight excluding hydrogens is 489 g/mol. The van der Waals surface area contributed by atoms with Gasteiger partial charge in [0.1, 0.15) is 5.92 Å². The molecule has 0 saturated carbocycles. The lowest BCUT2D eigenvalue weighted by Crippen LogP contribution is -2.33. The first-order valence-electron chi connectivity index (χ1n) is 11.4. The van der Waals surface area contributed by atoms with E-state index in [2.05, 4.69) is 9.97 Å². The number of esters is 1. The lowest BCUT2D eigenvalue weighted by atomic mass is 9.82. The van der Waals surface area contributed by atoms with Crippen LogP contribution in [0.3, 0.4) is 0 Å². The van der Waals surface area contributed by atoms with Crippen molar-refractivity contribution in [2.45, 2.75) is 24.9 Å². The van der Waals surface area contributed by atoms with Crippen LogP contribution in [0.1, 0.15) is 30.0 Å². The fourth-order valence-corrected chi connectivity index (χ4v) is 4.89. The van der Waals surface area contributed by atoms with E-state index in [9.17, 15) is 18.0 Å². The van der Waals surface area contributed by atoms with Gasteiger partial charge in [-0.1, -0.05) is 54.1 Å². The van der Waals surface area contributed by atoms with E-state index in [-0.39, 0.29) is 17.9 Å². The number of H-pyrrole nitrogens is 2. The second-order valence-electron chi connectivity index (χ2n) is 8.57. The van der Waals surface area contributed by atoms with Gasteiger partial charge in [-0.3, -0.25) is 4.79 Å². The quantitative estimate of drug-likeness (QED) is 0.228. The Morgan fingerprint density at radius 1 is 0.917 bits per heavy atom. The van der Waals surface area contributed by atoms with Gasteiger partial charge in [0, 0.05) is 38.4 Å². The molecule has 0 amide bonds. The third-order valence-corrected chi connectivity index (χ3v) is 6.61. The molecule has 0 radical (unpaired) electrons. The maximum atomic E-state index is 14.7. The molecule has 2 aromatic heterocycles. The molecule has 184 valence electrons. The highest BCUT2D eigenvalue weighted by Crippen LogP contribution is 2.47. The summed E-state index contributed by atoms with van der Waals surface area (Å²) in [6.45, 7) is 1.52. The fraction of sp³-hybridized carbons (Fsp3) is 0.179. The molecule has 0 aliphatic heterocycles.